The molecule has 1 atom stereocenters. The predicted octanol–water partition coefficient (Wildman–Crippen LogP) is 2.94. The first-order valence-corrected chi connectivity index (χ1v) is 8.76. The number of carbonyl (C=O) groups excluding carboxylic acids is 1. The molecule has 0 bridgehead atoms. The standard InChI is InChI=1S/C16H14F2N2O3S/c17-15(18)13-7-6-12(10-19-13)16(21)20-9-8-14(24(20,22)23)11-4-2-1-3-5-11/h1-7,10,14-15H,8-9H2. The molecular weight excluding hydrogens is 338 g/mol. The summed E-state index contributed by atoms with van der Waals surface area (Å²) in [6.07, 6.45) is -1.47. The summed E-state index contributed by atoms with van der Waals surface area (Å²) in [5.74, 6) is -0.748. The summed E-state index contributed by atoms with van der Waals surface area (Å²) in [7, 11) is -3.85. The molecule has 2 aromatic rings. The highest BCUT2D eigenvalue weighted by Crippen LogP contribution is 2.36. The first kappa shape index (κ1) is 16.5. The first-order chi connectivity index (χ1) is 11.4. The van der Waals surface area contributed by atoms with Gasteiger partial charge in [0.15, 0.2) is 0 Å². The highest BCUT2D eigenvalue weighted by molar-refractivity contribution is 7.90. The number of nitrogens with zero attached hydrogens (tertiary/aromatic N) is 2. The van der Waals surface area contributed by atoms with Crippen LogP contribution in [0.3, 0.4) is 0 Å². The molecule has 1 unspecified atom stereocenters. The second kappa shape index (κ2) is 6.27. The molecule has 126 valence electrons. The fourth-order valence-corrected chi connectivity index (χ4v) is 4.60. The Bertz CT molecular complexity index is 839. The molecule has 2 heterocycles. The van der Waals surface area contributed by atoms with Gasteiger partial charge in [-0.1, -0.05) is 30.3 Å². The Morgan fingerprint density at radius 3 is 2.46 bits per heavy atom. The number of benzene rings is 1. The highest BCUT2D eigenvalue weighted by atomic mass is 32.2. The van der Waals surface area contributed by atoms with E-state index >= 15 is 0 Å². The molecule has 1 aliphatic rings. The van der Waals surface area contributed by atoms with Crippen LogP contribution in [0.5, 0.6) is 0 Å². The maximum absolute atomic E-state index is 12.6. The lowest BCUT2D eigenvalue weighted by Gasteiger charge is -2.17. The fraction of sp³-hybridized carbons (Fsp3) is 0.250. The number of alkyl halides is 2. The van der Waals surface area contributed by atoms with E-state index in [1.165, 1.54) is 6.07 Å². The molecule has 1 amide bonds. The molecular formula is C16H14F2N2O3S. The molecule has 0 aliphatic carbocycles. The van der Waals surface area contributed by atoms with Crippen LogP contribution in [-0.2, 0) is 10.0 Å². The van der Waals surface area contributed by atoms with Crippen molar-refractivity contribution in [1.29, 1.82) is 0 Å². The van der Waals surface area contributed by atoms with E-state index in [1.807, 2.05) is 0 Å². The van der Waals surface area contributed by atoms with Crippen LogP contribution < -0.4 is 0 Å². The van der Waals surface area contributed by atoms with Gasteiger partial charge in [0.2, 0.25) is 10.0 Å². The van der Waals surface area contributed by atoms with Crippen LogP contribution in [0, 0.1) is 0 Å². The van der Waals surface area contributed by atoms with E-state index in [0.29, 0.717) is 12.0 Å². The van der Waals surface area contributed by atoms with E-state index in [-0.39, 0.29) is 12.1 Å². The van der Waals surface area contributed by atoms with Crippen molar-refractivity contribution in [2.45, 2.75) is 18.1 Å². The lowest BCUT2D eigenvalue weighted by molar-refractivity contribution is 0.0868. The van der Waals surface area contributed by atoms with Gasteiger partial charge < -0.3 is 0 Å². The number of rotatable bonds is 3. The maximum Gasteiger partial charge on any atom is 0.280 e. The van der Waals surface area contributed by atoms with Crippen molar-refractivity contribution in [3.8, 4) is 0 Å². The molecule has 1 fully saturated rings. The molecule has 0 saturated carbocycles. The van der Waals surface area contributed by atoms with Crippen LogP contribution in [-0.4, -0.2) is 30.2 Å². The fourth-order valence-electron chi connectivity index (χ4n) is 2.69. The van der Waals surface area contributed by atoms with E-state index < -0.39 is 33.3 Å². The number of hydrogen-bond donors (Lipinski definition) is 0. The van der Waals surface area contributed by atoms with E-state index in [9.17, 15) is 22.0 Å². The first-order valence-electron chi connectivity index (χ1n) is 7.26. The lowest BCUT2D eigenvalue weighted by atomic mass is 10.1. The third kappa shape index (κ3) is 2.89. The average molecular weight is 352 g/mol. The van der Waals surface area contributed by atoms with Gasteiger partial charge in [-0.15, -0.1) is 0 Å². The van der Waals surface area contributed by atoms with Gasteiger partial charge >= 0.3 is 0 Å². The van der Waals surface area contributed by atoms with Crippen LogP contribution in [0.4, 0.5) is 8.78 Å². The van der Waals surface area contributed by atoms with Gasteiger partial charge in [0.05, 0.1) is 5.56 Å². The van der Waals surface area contributed by atoms with Crippen LogP contribution >= 0.6 is 0 Å². The molecule has 1 aromatic heterocycles. The summed E-state index contributed by atoms with van der Waals surface area (Å²) >= 11 is 0. The predicted molar refractivity (Wildman–Crippen MR) is 83.0 cm³/mol. The maximum atomic E-state index is 12.6. The van der Waals surface area contributed by atoms with E-state index in [2.05, 4.69) is 4.98 Å². The van der Waals surface area contributed by atoms with E-state index in [4.69, 9.17) is 0 Å². The summed E-state index contributed by atoms with van der Waals surface area (Å²) in [5.41, 5.74) is 0.133. The number of halogens is 2. The number of amides is 1. The quantitative estimate of drug-likeness (QED) is 0.852. The SMILES string of the molecule is O=C(c1ccc(C(F)F)nc1)N1CCC(c2ccccc2)S1(=O)=O. The third-order valence-corrected chi connectivity index (χ3v) is 6.11. The molecule has 0 N–H and O–H groups in total. The Kier molecular flexibility index (Phi) is 4.31. The van der Waals surface area contributed by atoms with Crippen molar-refractivity contribution in [2.75, 3.05) is 6.54 Å². The van der Waals surface area contributed by atoms with Crippen molar-refractivity contribution in [3.05, 3.63) is 65.5 Å². The van der Waals surface area contributed by atoms with Gasteiger partial charge in [-0.2, -0.15) is 0 Å². The van der Waals surface area contributed by atoms with Crippen molar-refractivity contribution in [1.82, 2.24) is 9.29 Å². The summed E-state index contributed by atoms with van der Waals surface area (Å²) in [4.78, 5) is 15.9. The number of carbonyl (C=O) groups is 1. The number of pyridine rings is 1. The van der Waals surface area contributed by atoms with E-state index in [0.717, 1.165) is 16.6 Å². The minimum Gasteiger partial charge on any atom is -0.268 e. The molecule has 1 aromatic carbocycles. The Hall–Kier alpha value is -2.35. The van der Waals surface area contributed by atoms with Crippen LogP contribution in [0.25, 0.3) is 0 Å². The van der Waals surface area contributed by atoms with Gasteiger partial charge in [0, 0.05) is 12.7 Å². The Morgan fingerprint density at radius 1 is 1.17 bits per heavy atom. The van der Waals surface area contributed by atoms with Crippen molar-refractivity contribution in [2.24, 2.45) is 0 Å². The second-order valence-corrected chi connectivity index (χ2v) is 7.42. The zero-order chi connectivity index (χ0) is 17.3. The zero-order valence-corrected chi connectivity index (χ0v) is 13.3. The zero-order valence-electron chi connectivity index (χ0n) is 12.5. The third-order valence-electron chi connectivity index (χ3n) is 3.92. The average Bonchev–Trinajstić information content (AvgIpc) is 2.90. The topological polar surface area (TPSA) is 67.3 Å². The smallest absolute Gasteiger partial charge is 0.268 e. The van der Waals surface area contributed by atoms with Crippen molar-refractivity contribution >= 4 is 15.9 Å². The molecule has 0 spiro atoms. The normalized spacial score (nSPS) is 19.6. The molecule has 0 radical (unpaired) electrons. The second-order valence-electron chi connectivity index (χ2n) is 5.38. The van der Waals surface area contributed by atoms with Gasteiger partial charge in [-0.3, -0.25) is 9.78 Å². The summed E-state index contributed by atoms with van der Waals surface area (Å²) in [6.45, 7) is 0.0529. The minimum absolute atomic E-state index is 0.0308. The number of hydrogen-bond acceptors (Lipinski definition) is 4. The lowest BCUT2D eigenvalue weighted by Crippen LogP contribution is -2.33. The van der Waals surface area contributed by atoms with Crippen molar-refractivity contribution in [3.63, 3.8) is 0 Å². The van der Waals surface area contributed by atoms with Crippen LogP contribution in [0.15, 0.2) is 48.7 Å². The van der Waals surface area contributed by atoms with Gasteiger partial charge in [-0.05, 0) is 24.1 Å². The minimum atomic E-state index is -3.85. The van der Waals surface area contributed by atoms with Crippen molar-refractivity contribution < 1.29 is 22.0 Å². The van der Waals surface area contributed by atoms with Gasteiger partial charge in [-0.25, -0.2) is 21.5 Å². The Morgan fingerprint density at radius 2 is 1.88 bits per heavy atom. The highest BCUT2D eigenvalue weighted by Gasteiger charge is 2.42. The summed E-state index contributed by atoms with van der Waals surface area (Å²) in [5, 5.41) is -0.782. The van der Waals surface area contributed by atoms with Gasteiger partial charge in [0.1, 0.15) is 10.9 Å². The molecule has 8 heteroatoms. The monoisotopic (exact) mass is 352 g/mol. The molecule has 24 heavy (non-hydrogen) atoms. The Labute approximate surface area is 138 Å². The number of sulfonamides is 1. The summed E-state index contributed by atoms with van der Waals surface area (Å²) < 4.78 is 51.1. The van der Waals surface area contributed by atoms with E-state index in [1.54, 1.807) is 30.3 Å². The molecule has 5 nitrogen and oxygen atoms in total. The largest absolute Gasteiger partial charge is 0.280 e. The molecule has 3 rings (SSSR count). The molecule has 1 aliphatic heterocycles. The van der Waals surface area contributed by atoms with Gasteiger partial charge in [0.25, 0.3) is 12.3 Å². The van der Waals surface area contributed by atoms with Crippen LogP contribution in [0.2, 0.25) is 0 Å². The van der Waals surface area contributed by atoms with Crippen LogP contribution in [0.1, 0.15) is 39.7 Å². The Balaban J connectivity index is 1.86. The summed E-state index contributed by atoms with van der Waals surface area (Å²) in [6, 6.07) is 10.9. The molecule has 1 saturated heterocycles. The number of aromatic nitrogens is 1.